The summed E-state index contributed by atoms with van der Waals surface area (Å²) in [4.78, 5) is 0.182. The highest BCUT2D eigenvalue weighted by Gasteiger charge is 2.28. The van der Waals surface area contributed by atoms with Crippen molar-refractivity contribution in [2.24, 2.45) is 0 Å². The predicted molar refractivity (Wildman–Crippen MR) is 47.9 cm³/mol. The maximum atomic E-state index is 11.9. The molecular weight excluding hydrogens is 221 g/mol. The highest BCUT2D eigenvalue weighted by atomic mass is 35.5. The third kappa shape index (κ3) is 3.91. The van der Waals surface area contributed by atoms with Crippen molar-refractivity contribution in [1.82, 2.24) is 0 Å². The molecule has 0 aromatic heterocycles. The van der Waals surface area contributed by atoms with E-state index < -0.39 is 5.51 Å². The Kier molecular flexibility index (Phi) is 3.50. The van der Waals surface area contributed by atoms with E-state index in [0.717, 1.165) is 5.56 Å². The zero-order chi connectivity index (χ0) is 9.90. The lowest BCUT2D eigenvalue weighted by Gasteiger charge is -2.05. The lowest BCUT2D eigenvalue weighted by molar-refractivity contribution is -0.0328. The molecule has 5 heteroatoms. The van der Waals surface area contributed by atoms with Crippen molar-refractivity contribution in [3.63, 3.8) is 0 Å². The van der Waals surface area contributed by atoms with Crippen LogP contribution in [0.2, 0.25) is 0 Å². The minimum Gasteiger partial charge on any atom is -0.160 e. The summed E-state index contributed by atoms with van der Waals surface area (Å²) >= 11 is 5.36. The van der Waals surface area contributed by atoms with Crippen molar-refractivity contribution in [1.29, 1.82) is 0 Å². The quantitative estimate of drug-likeness (QED) is 0.542. The fraction of sp³-hybridized carbons (Fsp3) is 0.250. The molecule has 0 saturated carbocycles. The molecule has 0 spiro atoms. The maximum Gasteiger partial charge on any atom is 0.446 e. The SMILES string of the molecule is FC(F)(F)Sc1ccc(CCl)cc1. The number of alkyl halides is 4. The zero-order valence-corrected chi connectivity index (χ0v) is 8.01. The van der Waals surface area contributed by atoms with E-state index in [-0.39, 0.29) is 16.7 Å². The first-order chi connectivity index (χ1) is 6.01. The molecule has 0 fully saturated rings. The molecule has 0 heterocycles. The molecule has 0 bridgehead atoms. The van der Waals surface area contributed by atoms with Gasteiger partial charge in [-0.3, -0.25) is 0 Å². The molecule has 1 aromatic rings. The summed E-state index contributed by atoms with van der Waals surface area (Å²) in [5.74, 6) is 0.316. The van der Waals surface area contributed by atoms with E-state index in [2.05, 4.69) is 0 Å². The Balaban J connectivity index is 2.70. The highest BCUT2D eigenvalue weighted by Crippen LogP contribution is 2.36. The summed E-state index contributed by atoms with van der Waals surface area (Å²) in [5.41, 5.74) is -3.41. The van der Waals surface area contributed by atoms with Crippen LogP contribution in [0.15, 0.2) is 29.2 Å². The van der Waals surface area contributed by atoms with Crippen molar-refractivity contribution in [3.05, 3.63) is 29.8 Å². The van der Waals surface area contributed by atoms with Gasteiger partial charge in [0.25, 0.3) is 0 Å². The summed E-state index contributed by atoms with van der Waals surface area (Å²) in [7, 11) is 0. The van der Waals surface area contributed by atoms with Crippen LogP contribution in [0.3, 0.4) is 0 Å². The van der Waals surface area contributed by atoms with Crippen LogP contribution in [-0.2, 0) is 5.88 Å². The van der Waals surface area contributed by atoms with Gasteiger partial charge in [0, 0.05) is 10.8 Å². The summed E-state index contributed by atoms with van der Waals surface area (Å²) in [6, 6.07) is 5.99. The van der Waals surface area contributed by atoms with Crippen LogP contribution in [0.1, 0.15) is 5.56 Å². The second-order valence-corrected chi connectivity index (χ2v) is 3.73. The van der Waals surface area contributed by atoms with Gasteiger partial charge >= 0.3 is 5.51 Å². The highest BCUT2D eigenvalue weighted by molar-refractivity contribution is 8.00. The van der Waals surface area contributed by atoms with Crippen LogP contribution in [0.4, 0.5) is 13.2 Å². The van der Waals surface area contributed by atoms with E-state index in [4.69, 9.17) is 11.6 Å². The lowest BCUT2D eigenvalue weighted by atomic mass is 10.2. The lowest BCUT2D eigenvalue weighted by Crippen LogP contribution is -1.98. The third-order valence-corrected chi connectivity index (χ3v) is 2.36. The van der Waals surface area contributed by atoms with Crippen LogP contribution < -0.4 is 0 Å². The van der Waals surface area contributed by atoms with E-state index in [0.29, 0.717) is 5.88 Å². The fourth-order valence-corrected chi connectivity index (χ4v) is 1.50. The standard InChI is InChI=1S/C8H6ClF3S/c9-5-6-1-3-7(4-2-6)13-8(10,11)12/h1-4H,5H2. The van der Waals surface area contributed by atoms with Gasteiger partial charge in [0.15, 0.2) is 0 Å². The topological polar surface area (TPSA) is 0 Å². The van der Waals surface area contributed by atoms with Gasteiger partial charge in [-0.2, -0.15) is 13.2 Å². The van der Waals surface area contributed by atoms with E-state index in [1.54, 1.807) is 12.1 Å². The minimum absolute atomic E-state index is 0.123. The van der Waals surface area contributed by atoms with Crippen LogP contribution >= 0.6 is 23.4 Å². The van der Waals surface area contributed by atoms with Crippen LogP contribution in [0.5, 0.6) is 0 Å². The van der Waals surface area contributed by atoms with Gasteiger partial charge in [0.05, 0.1) is 0 Å². The smallest absolute Gasteiger partial charge is 0.160 e. The van der Waals surface area contributed by atoms with Gasteiger partial charge in [-0.05, 0) is 29.5 Å². The first-order valence-corrected chi connectivity index (χ1v) is 4.77. The molecule has 1 aromatic carbocycles. The third-order valence-electron chi connectivity index (χ3n) is 1.31. The second kappa shape index (κ2) is 4.24. The molecule has 0 aliphatic heterocycles. The van der Waals surface area contributed by atoms with Crippen molar-refractivity contribution in [3.8, 4) is 0 Å². The second-order valence-electron chi connectivity index (χ2n) is 2.33. The van der Waals surface area contributed by atoms with Crippen molar-refractivity contribution >= 4 is 23.4 Å². The molecule has 0 unspecified atom stereocenters. The predicted octanol–water partition coefficient (Wildman–Crippen LogP) is 4.04. The molecule has 0 atom stereocenters. The Labute approximate surface area is 83.1 Å². The van der Waals surface area contributed by atoms with Gasteiger partial charge in [-0.25, -0.2) is 0 Å². The van der Waals surface area contributed by atoms with E-state index in [1.165, 1.54) is 12.1 Å². The van der Waals surface area contributed by atoms with Crippen LogP contribution in [0.25, 0.3) is 0 Å². The van der Waals surface area contributed by atoms with Gasteiger partial charge in [0.1, 0.15) is 0 Å². The Bertz CT molecular complexity index is 268. The van der Waals surface area contributed by atoms with Crippen LogP contribution in [0, 0.1) is 0 Å². The zero-order valence-electron chi connectivity index (χ0n) is 6.44. The number of hydrogen-bond acceptors (Lipinski definition) is 1. The van der Waals surface area contributed by atoms with Crippen molar-refractivity contribution in [2.45, 2.75) is 16.3 Å². The normalized spacial score (nSPS) is 11.7. The summed E-state index contributed by atoms with van der Waals surface area (Å²) in [5, 5.41) is 0. The molecule has 13 heavy (non-hydrogen) atoms. The molecule has 0 N–H and O–H groups in total. The molecule has 0 aliphatic rings. The van der Waals surface area contributed by atoms with Gasteiger partial charge in [0.2, 0.25) is 0 Å². The van der Waals surface area contributed by atoms with Crippen molar-refractivity contribution < 1.29 is 13.2 Å². The maximum absolute atomic E-state index is 11.9. The largest absolute Gasteiger partial charge is 0.446 e. The molecule has 0 nitrogen and oxygen atoms in total. The first kappa shape index (κ1) is 10.7. The monoisotopic (exact) mass is 226 g/mol. The summed E-state index contributed by atoms with van der Waals surface area (Å²) < 4.78 is 35.6. The number of rotatable bonds is 2. The van der Waals surface area contributed by atoms with Gasteiger partial charge < -0.3 is 0 Å². The molecule has 0 radical (unpaired) electrons. The van der Waals surface area contributed by atoms with E-state index in [9.17, 15) is 13.2 Å². The number of hydrogen-bond donors (Lipinski definition) is 0. The first-order valence-electron chi connectivity index (χ1n) is 3.42. The van der Waals surface area contributed by atoms with Crippen LogP contribution in [-0.4, -0.2) is 5.51 Å². The summed E-state index contributed by atoms with van der Waals surface area (Å²) in [6.07, 6.45) is 0. The number of halogens is 4. The fourth-order valence-electron chi connectivity index (χ4n) is 0.780. The summed E-state index contributed by atoms with van der Waals surface area (Å²) in [6.45, 7) is 0. The van der Waals surface area contributed by atoms with E-state index in [1.807, 2.05) is 0 Å². The molecular formula is C8H6ClF3S. The van der Waals surface area contributed by atoms with Gasteiger partial charge in [-0.1, -0.05) is 12.1 Å². The minimum atomic E-state index is -4.22. The average molecular weight is 227 g/mol. The Morgan fingerprint density at radius 1 is 1.15 bits per heavy atom. The Morgan fingerprint density at radius 2 is 1.69 bits per heavy atom. The average Bonchev–Trinajstić information content (AvgIpc) is 2.03. The number of benzene rings is 1. The molecule has 1 rings (SSSR count). The molecule has 0 amide bonds. The Hall–Kier alpha value is -0.350. The van der Waals surface area contributed by atoms with E-state index >= 15 is 0 Å². The Morgan fingerprint density at radius 3 is 2.08 bits per heavy atom. The molecule has 0 saturated heterocycles. The molecule has 0 aliphatic carbocycles. The molecule has 72 valence electrons. The van der Waals surface area contributed by atoms with Gasteiger partial charge in [-0.15, -0.1) is 11.6 Å². The van der Waals surface area contributed by atoms with Crippen molar-refractivity contribution in [2.75, 3.05) is 0 Å². The number of thioether (sulfide) groups is 1.